The molecule has 12 rings (SSSR count). The predicted octanol–water partition coefficient (Wildman–Crippen LogP) is 14.5. The van der Waals surface area contributed by atoms with Gasteiger partial charge >= 0.3 is 0 Å². The van der Waals surface area contributed by atoms with E-state index in [4.69, 9.17) is 0 Å². The zero-order chi connectivity index (χ0) is 38.2. The Balaban J connectivity index is 1.07. The summed E-state index contributed by atoms with van der Waals surface area (Å²) in [6.07, 6.45) is 5.58. The summed E-state index contributed by atoms with van der Waals surface area (Å²) in [4.78, 5) is 2.49. The van der Waals surface area contributed by atoms with E-state index in [1.165, 1.54) is 97.8 Å². The van der Waals surface area contributed by atoms with Gasteiger partial charge in [0.2, 0.25) is 0 Å². The minimum Gasteiger partial charge on any atom is -0.310 e. The van der Waals surface area contributed by atoms with Crippen LogP contribution in [0.3, 0.4) is 0 Å². The Labute approximate surface area is 340 Å². The molecule has 8 aromatic carbocycles. The number of anilines is 3. The van der Waals surface area contributed by atoms with Gasteiger partial charge in [0.25, 0.3) is 0 Å². The van der Waals surface area contributed by atoms with Gasteiger partial charge in [-0.05, 0) is 137 Å². The van der Waals surface area contributed by atoms with E-state index in [2.05, 4.69) is 210 Å². The molecule has 1 aromatic heterocycles. The average molecular weight is 745 g/mol. The van der Waals surface area contributed by atoms with Gasteiger partial charge in [0.1, 0.15) is 0 Å². The first-order valence-electron chi connectivity index (χ1n) is 21.1. The summed E-state index contributed by atoms with van der Waals surface area (Å²) in [5, 5.41) is 2.51. The first-order chi connectivity index (χ1) is 28.8. The van der Waals surface area contributed by atoms with Gasteiger partial charge in [-0.15, -0.1) is 0 Å². The van der Waals surface area contributed by atoms with Crippen LogP contribution in [-0.2, 0) is 5.41 Å². The van der Waals surface area contributed by atoms with E-state index in [0.29, 0.717) is 5.92 Å². The third-order valence-corrected chi connectivity index (χ3v) is 13.9. The van der Waals surface area contributed by atoms with Crippen molar-refractivity contribution in [1.82, 2.24) is 4.57 Å². The van der Waals surface area contributed by atoms with Crippen molar-refractivity contribution in [1.29, 1.82) is 0 Å². The summed E-state index contributed by atoms with van der Waals surface area (Å²) in [5.41, 5.74) is 16.0. The molecule has 0 saturated heterocycles. The van der Waals surface area contributed by atoms with Crippen molar-refractivity contribution in [2.45, 2.75) is 37.0 Å². The Kier molecular flexibility index (Phi) is 7.63. The third kappa shape index (κ3) is 4.97. The van der Waals surface area contributed by atoms with Gasteiger partial charge in [0, 0.05) is 33.5 Å². The van der Waals surface area contributed by atoms with Crippen LogP contribution in [0.1, 0.15) is 59.4 Å². The minimum absolute atomic E-state index is 0.432. The second kappa shape index (κ2) is 13.2. The van der Waals surface area contributed by atoms with Crippen LogP contribution in [-0.4, -0.2) is 4.57 Å². The summed E-state index contributed by atoms with van der Waals surface area (Å²) in [7, 11) is 0. The van der Waals surface area contributed by atoms with Crippen LogP contribution < -0.4 is 4.90 Å². The fourth-order valence-electron chi connectivity index (χ4n) is 11.5. The Morgan fingerprint density at radius 1 is 0.448 bits per heavy atom. The fraction of sp³-hybridized carbons (Fsp3) is 0.143. The Morgan fingerprint density at radius 2 is 1.05 bits per heavy atom. The number of rotatable bonds is 7. The average Bonchev–Trinajstić information content (AvgIpc) is 4.08. The second-order valence-corrected chi connectivity index (χ2v) is 16.9. The fourth-order valence-corrected chi connectivity index (χ4v) is 11.5. The van der Waals surface area contributed by atoms with Gasteiger partial charge in [-0.2, -0.15) is 0 Å². The number of hydrogen-bond acceptors (Lipinski definition) is 1. The van der Waals surface area contributed by atoms with Crippen LogP contribution in [0.4, 0.5) is 17.1 Å². The van der Waals surface area contributed by atoms with Gasteiger partial charge in [0.05, 0.1) is 16.4 Å². The van der Waals surface area contributed by atoms with Crippen LogP contribution in [0, 0.1) is 11.8 Å². The molecule has 2 bridgehead atoms. The molecule has 3 aliphatic rings. The molecule has 3 aliphatic carbocycles. The van der Waals surface area contributed by atoms with Gasteiger partial charge in [-0.3, -0.25) is 0 Å². The van der Waals surface area contributed by atoms with E-state index in [1.54, 1.807) is 0 Å². The SMILES string of the molecule is c1ccc(-n2c3ccccc3c3cc(N(c4ccc(C5CC6CCC5C6)cc4)c4ccc5c(c4)-c4ccccc4C5(c4ccccc4)c4ccccc4)ccc32)cc1. The number of para-hydroxylation sites is 2. The Morgan fingerprint density at radius 3 is 1.78 bits per heavy atom. The van der Waals surface area contributed by atoms with Gasteiger partial charge in [-0.25, -0.2) is 0 Å². The van der Waals surface area contributed by atoms with Crippen molar-refractivity contribution in [2.75, 3.05) is 4.90 Å². The molecule has 278 valence electrons. The van der Waals surface area contributed by atoms with E-state index < -0.39 is 5.41 Å². The lowest BCUT2D eigenvalue weighted by Gasteiger charge is -2.34. The first-order valence-corrected chi connectivity index (χ1v) is 21.1. The highest BCUT2D eigenvalue weighted by molar-refractivity contribution is 6.10. The summed E-state index contributed by atoms with van der Waals surface area (Å²) < 4.78 is 2.40. The summed E-state index contributed by atoms with van der Waals surface area (Å²) in [6, 6.07) is 74.8. The maximum atomic E-state index is 2.49. The molecule has 2 fully saturated rings. The van der Waals surface area contributed by atoms with Crippen LogP contribution in [0.25, 0.3) is 38.6 Å². The van der Waals surface area contributed by atoms with Crippen molar-refractivity contribution < 1.29 is 0 Å². The van der Waals surface area contributed by atoms with Gasteiger partial charge in [-0.1, -0.05) is 146 Å². The van der Waals surface area contributed by atoms with Gasteiger partial charge < -0.3 is 9.47 Å². The zero-order valence-corrected chi connectivity index (χ0v) is 32.5. The molecule has 2 saturated carbocycles. The lowest BCUT2D eigenvalue weighted by molar-refractivity contribution is 0.420. The molecule has 2 heteroatoms. The maximum absolute atomic E-state index is 2.49. The molecular weight excluding hydrogens is 701 g/mol. The quantitative estimate of drug-likeness (QED) is 0.158. The third-order valence-electron chi connectivity index (χ3n) is 13.9. The molecule has 1 heterocycles. The molecule has 9 aromatic rings. The molecule has 58 heavy (non-hydrogen) atoms. The molecule has 0 aliphatic heterocycles. The normalized spacial score (nSPS) is 18.7. The van der Waals surface area contributed by atoms with E-state index >= 15 is 0 Å². The van der Waals surface area contributed by atoms with E-state index in [0.717, 1.165) is 23.2 Å². The number of benzene rings is 8. The van der Waals surface area contributed by atoms with E-state index in [1.807, 2.05) is 0 Å². The molecule has 2 nitrogen and oxygen atoms in total. The van der Waals surface area contributed by atoms with Crippen LogP contribution in [0.2, 0.25) is 0 Å². The standard InChI is InChI=1S/C56H44N2/c1-4-14-41(15-5-1)56(42-16-6-2-7-17-42)52-22-12-10-20-47(52)50-36-45(30-32-53(50)56)57(44-28-26-39(27-29-44)49-35-38-24-25-40(49)34-38)46-31-33-55-51(37-46)48-21-11-13-23-54(48)58(55)43-18-8-3-9-19-43/h1-23,26-33,36-38,40,49H,24-25,34-35H2. The molecule has 0 radical (unpaired) electrons. The zero-order valence-electron chi connectivity index (χ0n) is 32.5. The van der Waals surface area contributed by atoms with Crippen molar-refractivity contribution in [3.05, 3.63) is 228 Å². The van der Waals surface area contributed by atoms with Crippen LogP contribution >= 0.6 is 0 Å². The molecule has 0 N–H and O–H groups in total. The number of fused-ring (bicyclic) bond motifs is 8. The maximum Gasteiger partial charge on any atom is 0.0713 e. The van der Waals surface area contributed by atoms with Crippen molar-refractivity contribution >= 4 is 38.9 Å². The van der Waals surface area contributed by atoms with Gasteiger partial charge in [0.15, 0.2) is 0 Å². The number of aromatic nitrogens is 1. The Hall–Kier alpha value is -6.64. The summed E-state index contributed by atoms with van der Waals surface area (Å²) in [6.45, 7) is 0. The topological polar surface area (TPSA) is 8.17 Å². The van der Waals surface area contributed by atoms with E-state index in [9.17, 15) is 0 Å². The summed E-state index contributed by atoms with van der Waals surface area (Å²) >= 11 is 0. The van der Waals surface area contributed by atoms with Crippen LogP contribution in [0.15, 0.2) is 200 Å². The van der Waals surface area contributed by atoms with Crippen molar-refractivity contribution in [3.8, 4) is 16.8 Å². The minimum atomic E-state index is -0.432. The largest absolute Gasteiger partial charge is 0.310 e. The summed E-state index contributed by atoms with van der Waals surface area (Å²) in [5.74, 6) is 2.47. The predicted molar refractivity (Wildman–Crippen MR) is 241 cm³/mol. The first kappa shape index (κ1) is 33.5. The monoisotopic (exact) mass is 744 g/mol. The number of nitrogens with zero attached hydrogens (tertiary/aromatic N) is 2. The lowest BCUT2D eigenvalue weighted by Crippen LogP contribution is -2.28. The van der Waals surface area contributed by atoms with Crippen LogP contribution in [0.5, 0.6) is 0 Å². The smallest absolute Gasteiger partial charge is 0.0713 e. The van der Waals surface area contributed by atoms with Crippen molar-refractivity contribution in [2.24, 2.45) is 11.8 Å². The molecular formula is C56H44N2. The highest BCUT2D eigenvalue weighted by Gasteiger charge is 2.46. The number of hydrogen-bond donors (Lipinski definition) is 0. The Bertz CT molecular complexity index is 2920. The molecule has 0 spiro atoms. The molecule has 0 amide bonds. The molecule has 3 atom stereocenters. The highest BCUT2D eigenvalue weighted by atomic mass is 15.1. The second-order valence-electron chi connectivity index (χ2n) is 16.9. The highest BCUT2D eigenvalue weighted by Crippen LogP contribution is 2.57. The van der Waals surface area contributed by atoms with E-state index in [-0.39, 0.29) is 0 Å². The lowest BCUT2D eigenvalue weighted by atomic mass is 9.68. The van der Waals surface area contributed by atoms with Crippen molar-refractivity contribution in [3.63, 3.8) is 0 Å². The molecule has 3 unspecified atom stereocenters.